The molecule has 31 heavy (non-hydrogen) atoms. The molecule has 0 atom stereocenters. The molecule has 0 aromatic carbocycles. The second-order valence-electron chi connectivity index (χ2n) is 9.06. The third-order valence-electron chi connectivity index (χ3n) is 6.44. The first-order chi connectivity index (χ1) is 14.9. The Morgan fingerprint density at radius 1 is 1.00 bits per heavy atom. The highest BCUT2D eigenvalue weighted by molar-refractivity contribution is 6.06. The van der Waals surface area contributed by atoms with Gasteiger partial charge in [-0.3, -0.25) is 14.5 Å². The Bertz CT molecular complexity index is 938. The van der Waals surface area contributed by atoms with Gasteiger partial charge in [-0.1, -0.05) is 31.8 Å². The summed E-state index contributed by atoms with van der Waals surface area (Å²) in [6.45, 7) is 10.8. The van der Waals surface area contributed by atoms with Gasteiger partial charge in [-0.05, 0) is 31.7 Å². The van der Waals surface area contributed by atoms with Crippen LogP contribution in [0.4, 0.5) is 0 Å². The summed E-state index contributed by atoms with van der Waals surface area (Å²) in [5, 5.41) is 4.72. The molecule has 4 rings (SSSR count). The molecule has 0 saturated carbocycles. The summed E-state index contributed by atoms with van der Waals surface area (Å²) in [5.74, 6) is 0.390. The number of carbonyl (C=O) groups is 2. The Labute approximate surface area is 183 Å². The van der Waals surface area contributed by atoms with Crippen LogP contribution < -0.4 is 0 Å². The van der Waals surface area contributed by atoms with Crippen molar-refractivity contribution in [1.82, 2.24) is 24.8 Å². The van der Waals surface area contributed by atoms with E-state index < -0.39 is 0 Å². The Balaban J connectivity index is 1.41. The second kappa shape index (κ2) is 9.34. The fourth-order valence-electron chi connectivity index (χ4n) is 4.47. The van der Waals surface area contributed by atoms with Crippen molar-refractivity contribution in [3.8, 4) is 0 Å². The van der Waals surface area contributed by atoms with Gasteiger partial charge in [0, 0.05) is 45.0 Å². The maximum atomic E-state index is 13.4. The Morgan fingerprint density at radius 3 is 2.32 bits per heavy atom. The van der Waals surface area contributed by atoms with E-state index in [-0.39, 0.29) is 17.7 Å². The number of amides is 2. The molecule has 2 aromatic heterocycles. The highest BCUT2D eigenvalue weighted by Gasteiger charge is 2.28. The van der Waals surface area contributed by atoms with E-state index in [9.17, 15) is 9.59 Å². The standard InChI is InChI=1S/C23H33N5O3/c1-16(2)19-14-18(21-17(3)25-31-22(21)24-19)23(30)28-12-10-26(11-13-28)15-20(29)27-8-6-4-5-7-9-27/h14,16H,4-13,15H2,1-3H3. The minimum Gasteiger partial charge on any atom is -0.342 e. The number of aryl methyl sites for hydroxylation is 1. The lowest BCUT2D eigenvalue weighted by Gasteiger charge is -2.35. The van der Waals surface area contributed by atoms with E-state index in [1.807, 2.05) is 36.6 Å². The molecule has 2 saturated heterocycles. The van der Waals surface area contributed by atoms with E-state index >= 15 is 0 Å². The number of pyridine rings is 1. The summed E-state index contributed by atoms with van der Waals surface area (Å²) < 4.78 is 5.36. The number of likely N-dealkylation sites (tertiary alicyclic amines) is 1. The molecule has 0 N–H and O–H groups in total. The molecule has 2 aliphatic rings. The van der Waals surface area contributed by atoms with Crippen molar-refractivity contribution in [2.45, 2.75) is 52.4 Å². The lowest BCUT2D eigenvalue weighted by atomic mass is 10.0. The van der Waals surface area contributed by atoms with Crippen LogP contribution in [0.3, 0.4) is 0 Å². The van der Waals surface area contributed by atoms with Crippen molar-refractivity contribution in [3.05, 3.63) is 23.0 Å². The molecule has 0 spiro atoms. The molecule has 2 aliphatic heterocycles. The van der Waals surface area contributed by atoms with E-state index in [2.05, 4.69) is 15.0 Å². The second-order valence-corrected chi connectivity index (χ2v) is 9.06. The minimum absolute atomic E-state index is 0.0147. The first-order valence-electron chi connectivity index (χ1n) is 11.5. The quantitative estimate of drug-likeness (QED) is 0.746. The molecule has 2 aromatic rings. The molecule has 0 aliphatic carbocycles. The molecule has 0 unspecified atom stereocenters. The number of nitrogens with zero attached hydrogens (tertiary/aromatic N) is 5. The number of rotatable bonds is 4. The Hall–Kier alpha value is -2.48. The molecule has 2 fully saturated rings. The number of fused-ring (bicyclic) bond motifs is 1. The highest BCUT2D eigenvalue weighted by Crippen LogP contribution is 2.26. The zero-order chi connectivity index (χ0) is 22.0. The number of piperazine rings is 1. The number of carbonyl (C=O) groups excluding carboxylic acids is 2. The van der Waals surface area contributed by atoms with Gasteiger partial charge >= 0.3 is 0 Å². The fraction of sp³-hybridized carbons (Fsp3) is 0.652. The van der Waals surface area contributed by atoms with Crippen molar-refractivity contribution in [2.24, 2.45) is 0 Å². The normalized spacial score (nSPS) is 18.6. The van der Waals surface area contributed by atoms with Crippen LogP contribution in [0, 0.1) is 6.92 Å². The SMILES string of the molecule is Cc1noc2nc(C(C)C)cc(C(=O)N3CCN(CC(=O)N4CCCCCC4)CC3)c12. The van der Waals surface area contributed by atoms with Gasteiger partial charge in [0.25, 0.3) is 11.6 Å². The topological polar surface area (TPSA) is 82.8 Å². The first-order valence-corrected chi connectivity index (χ1v) is 11.5. The smallest absolute Gasteiger partial charge is 0.259 e. The lowest BCUT2D eigenvalue weighted by molar-refractivity contribution is -0.132. The molecule has 8 heteroatoms. The van der Waals surface area contributed by atoms with Crippen molar-refractivity contribution in [2.75, 3.05) is 45.8 Å². The molecule has 0 bridgehead atoms. The lowest BCUT2D eigenvalue weighted by Crippen LogP contribution is -2.51. The highest BCUT2D eigenvalue weighted by atomic mass is 16.5. The van der Waals surface area contributed by atoms with Crippen LogP contribution in [-0.4, -0.2) is 82.5 Å². The largest absolute Gasteiger partial charge is 0.342 e. The summed E-state index contributed by atoms with van der Waals surface area (Å²) in [6, 6.07) is 1.88. The predicted octanol–water partition coefficient (Wildman–Crippen LogP) is 2.82. The number of aromatic nitrogens is 2. The molecular weight excluding hydrogens is 394 g/mol. The van der Waals surface area contributed by atoms with Gasteiger partial charge in [0.05, 0.1) is 23.2 Å². The molecule has 168 valence electrons. The van der Waals surface area contributed by atoms with Crippen LogP contribution in [-0.2, 0) is 4.79 Å². The minimum atomic E-state index is -0.0147. The summed E-state index contributed by atoms with van der Waals surface area (Å²) in [6.07, 6.45) is 4.65. The van der Waals surface area contributed by atoms with Crippen molar-refractivity contribution in [3.63, 3.8) is 0 Å². The van der Waals surface area contributed by atoms with Gasteiger partial charge < -0.3 is 14.3 Å². The summed E-state index contributed by atoms with van der Waals surface area (Å²) in [4.78, 5) is 36.7. The number of hydrogen-bond acceptors (Lipinski definition) is 6. The maximum Gasteiger partial charge on any atom is 0.259 e. The third-order valence-corrected chi connectivity index (χ3v) is 6.44. The van der Waals surface area contributed by atoms with Gasteiger partial charge in [0.1, 0.15) is 0 Å². The van der Waals surface area contributed by atoms with Crippen molar-refractivity contribution in [1.29, 1.82) is 0 Å². The Kier molecular flexibility index (Phi) is 6.55. The number of hydrogen-bond donors (Lipinski definition) is 0. The van der Waals surface area contributed by atoms with Gasteiger partial charge in [-0.2, -0.15) is 0 Å². The average Bonchev–Trinajstić information content (AvgIpc) is 2.97. The third kappa shape index (κ3) is 4.74. The van der Waals surface area contributed by atoms with Crippen LogP contribution in [0.25, 0.3) is 11.1 Å². The van der Waals surface area contributed by atoms with E-state index in [1.165, 1.54) is 12.8 Å². The summed E-state index contributed by atoms with van der Waals surface area (Å²) in [5.41, 5.74) is 2.55. The van der Waals surface area contributed by atoms with Crippen LogP contribution in [0.15, 0.2) is 10.6 Å². The Morgan fingerprint density at radius 2 is 1.68 bits per heavy atom. The predicted molar refractivity (Wildman–Crippen MR) is 118 cm³/mol. The van der Waals surface area contributed by atoms with E-state index in [0.717, 1.165) is 31.6 Å². The average molecular weight is 428 g/mol. The molecular formula is C23H33N5O3. The van der Waals surface area contributed by atoms with Crippen LogP contribution in [0.1, 0.15) is 67.2 Å². The van der Waals surface area contributed by atoms with E-state index in [0.29, 0.717) is 55.1 Å². The van der Waals surface area contributed by atoms with Gasteiger partial charge in [-0.15, -0.1) is 0 Å². The van der Waals surface area contributed by atoms with Gasteiger partial charge in [0.2, 0.25) is 5.91 Å². The zero-order valence-corrected chi connectivity index (χ0v) is 18.9. The van der Waals surface area contributed by atoms with E-state index in [4.69, 9.17) is 4.52 Å². The monoisotopic (exact) mass is 427 g/mol. The van der Waals surface area contributed by atoms with Crippen molar-refractivity contribution >= 4 is 22.9 Å². The summed E-state index contributed by atoms with van der Waals surface area (Å²) in [7, 11) is 0. The molecule has 2 amide bonds. The molecule has 4 heterocycles. The fourth-order valence-corrected chi connectivity index (χ4v) is 4.47. The zero-order valence-electron chi connectivity index (χ0n) is 18.9. The van der Waals surface area contributed by atoms with Crippen LogP contribution in [0.5, 0.6) is 0 Å². The summed E-state index contributed by atoms with van der Waals surface area (Å²) >= 11 is 0. The van der Waals surface area contributed by atoms with Gasteiger partial charge in [0.15, 0.2) is 0 Å². The molecule has 0 radical (unpaired) electrons. The maximum absolute atomic E-state index is 13.4. The van der Waals surface area contributed by atoms with Gasteiger partial charge in [-0.25, -0.2) is 4.98 Å². The van der Waals surface area contributed by atoms with Crippen LogP contribution in [0.2, 0.25) is 0 Å². The first kappa shape index (κ1) is 21.7. The van der Waals surface area contributed by atoms with Crippen LogP contribution >= 0.6 is 0 Å². The van der Waals surface area contributed by atoms with E-state index in [1.54, 1.807) is 0 Å². The molecule has 8 nitrogen and oxygen atoms in total. The van der Waals surface area contributed by atoms with Crippen molar-refractivity contribution < 1.29 is 14.1 Å².